The van der Waals surface area contributed by atoms with Crippen molar-refractivity contribution < 1.29 is 4.39 Å². The van der Waals surface area contributed by atoms with E-state index in [1.54, 1.807) is 12.1 Å². The van der Waals surface area contributed by atoms with Crippen molar-refractivity contribution >= 4 is 23.2 Å². The van der Waals surface area contributed by atoms with Gasteiger partial charge in [-0.3, -0.25) is 0 Å². The van der Waals surface area contributed by atoms with Gasteiger partial charge in [0, 0.05) is 5.56 Å². The monoisotopic (exact) mass is 283 g/mol. The van der Waals surface area contributed by atoms with Crippen molar-refractivity contribution in [3.05, 3.63) is 57.8 Å². The molecular formula is C14H12Cl2FN. The first-order valence-electron chi connectivity index (χ1n) is 5.56. The van der Waals surface area contributed by atoms with Crippen LogP contribution < -0.4 is 5.73 Å². The molecule has 0 saturated carbocycles. The second-order valence-corrected chi connectivity index (χ2v) is 4.73. The summed E-state index contributed by atoms with van der Waals surface area (Å²) in [6.45, 7) is 0.453. The molecule has 2 aromatic carbocycles. The minimum Gasteiger partial charge on any atom is -0.330 e. The van der Waals surface area contributed by atoms with Gasteiger partial charge in [-0.15, -0.1) is 0 Å². The largest absolute Gasteiger partial charge is 0.330 e. The van der Waals surface area contributed by atoms with Gasteiger partial charge >= 0.3 is 0 Å². The molecule has 1 nitrogen and oxygen atoms in total. The summed E-state index contributed by atoms with van der Waals surface area (Å²) < 4.78 is 13.3. The van der Waals surface area contributed by atoms with Crippen LogP contribution in [0.2, 0.25) is 10.0 Å². The maximum atomic E-state index is 13.3. The molecule has 2 rings (SSSR count). The van der Waals surface area contributed by atoms with Crippen LogP contribution in [0.15, 0.2) is 36.4 Å². The normalized spacial score (nSPS) is 10.7. The molecule has 2 N–H and O–H groups in total. The molecule has 0 bridgehead atoms. The van der Waals surface area contributed by atoms with Crippen molar-refractivity contribution in [1.82, 2.24) is 0 Å². The van der Waals surface area contributed by atoms with Crippen LogP contribution in [0.5, 0.6) is 0 Å². The number of halogens is 3. The molecular weight excluding hydrogens is 272 g/mol. The molecule has 0 fully saturated rings. The van der Waals surface area contributed by atoms with Gasteiger partial charge in [-0.1, -0.05) is 41.4 Å². The summed E-state index contributed by atoms with van der Waals surface area (Å²) in [6, 6.07) is 10.0. The van der Waals surface area contributed by atoms with E-state index in [9.17, 15) is 4.39 Å². The van der Waals surface area contributed by atoms with Crippen LogP contribution in [0.25, 0.3) is 11.1 Å². The first kappa shape index (κ1) is 13.3. The van der Waals surface area contributed by atoms with Crippen LogP contribution in [0.1, 0.15) is 5.56 Å². The number of nitrogens with two attached hydrogens (primary N) is 1. The zero-order valence-electron chi connectivity index (χ0n) is 9.59. The van der Waals surface area contributed by atoms with Gasteiger partial charge in [0.05, 0.1) is 10.0 Å². The van der Waals surface area contributed by atoms with E-state index in [0.29, 0.717) is 23.0 Å². The molecule has 0 radical (unpaired) electrons. The molecule has 0 atom stereocenters. The highest BCUT2D eigenvalue weighted by molar-refractivity contribution is 6.43. The van der Waals surface area contributed by atoms with Crippen LogP contribution in [-0.4, -0.2) is 6.54 Å². The lowest BCUT2D eigenvalue weighted by atomic mass is 9.97. The van der Waals surface area contributed by atoms with Gasteiger partial charge in [-0.25, -0.2) is 4.39 Å². The lowest BCUT2D eigenvalue weighted by Gasteiger charge is -2.11. The third kappa shape index (κ3) is 2.66. The molecule has 18 heavy (non-hydrogen) atoms. The van der Waals surface area contributed by atoms with E-state index in [0.717, 1.165) is 16.7 Å². The Morgan fingerprint density at radius 2 is 1.83 bits per heavy atom. The van der Waals surface area contributed by atoms with Crippen LogP contribution in [0.3, 0.4) is 0 Å². The standard InChI is InChI=1S/C14H12Cl2FN/c15-13-3-1-2-12(14(13)16)11-5-4-10(17)8-9(11)6-7-18/h1-5,8H,6-7,18H2. The summed E-state index contributed by atoms with van der Waals surface area (Å²) in [4.78, 5) is 0. The first-order chi connectivity index (χ1) is 8.63. The zero-order valence-corrected chi connectivity index (χ0v) is 11.1. The highest BCUT2D eigenvalue weighted by Crippen LogP contribution is 2.35. The maximum absolute atomic E-state index is 13.3. The first-order valence-corrected chi connectivity index (χ1v) is 6.32. The molecule has 0 aromatic heterocycles. The second kappa shape index (κ2) is 5.70. The van der Waals surface area contributed by atoms with Crippen molar-refractivity contribution in [2.24, 2.45) is 5.73 Å². The average molecular weight is 284 g/mol. The van der Waals surface area contributed by atoms with Crippen molar-refractivity contribution in [3.8, 4) is 11.1 Å². The van der Waals surface area contributed by atoms with E-state index in [2.05, 4.69) is 0 Å². The predicted molar refractivity (Wildman–Crippen MR) is 74.6 cm³/mol. The Morgan fingerprint density at radius 1 is 1.06 bits per heavy atom. The molecule has 4 heteroatoms. The highest BCUT2D eigenvalue weighted by atomic mass is 35.5. The molecule has 0 unspecified atom stereocenters. The number of rotatable bonds is 3. The van der Waals surface area contributed by atoms with E-state index in [4.69, 9.17) is 28.9 Å². The Labute approximate surface area is 115 Å². The van der Waals surface area contributed by atoms with Gasteiger partial charge in [0.2, 0.25) is 0 Å². The van der Waals surface area contributed by atoms with Gasteiger partial charge in [-0.2, -0.15) is 0 Å². The molecule has 0 aliphatic heterocycles. The summed E-state index contributed by atoms with van der Waals surface area (Å²) in [5.41, 5.74) is 8.05. The molecule has 0 aliphatic carbocycles. The molecule has 0 heterocycles. The Balaban J connectivity index is 2.59. The Kier molecular flexibility index (Phi) is 4.23. The molecule has 0 saturated heterocycles. The predicted octanol–water partition coefficient (Wildman–Crippen LogP) is 4.30. The van der Waals surface area contributed by atoms with E-state index in [1.165, 1.54) is 12.1 Å². The number of hydrogen-bond donors (Lipinski definition) is 1. The maximum Gasteiger partial charge on any atom is 0.123 e. The lowest BCUT2D eigenvalue weighted by Crippen LogP contribution is -2.04. The van der Waals surface area contributed by atoms with E-state index < -0.39 is 0 Å². The summed E-state index contributed by atoms with van der Waals surface area (Å²) in [7, 11) is 0. The van der Waals surface area contributed by atoms with Gasteiger partial charge in [-0.05, 0) is 42.3 Å². The van der Waals surface area contributed by atoms with E-state index in [1.807, 2.05) is 12.1 Å². The fraction of sp³-hybridized carbons (Fsp3) is 0.143. The fourth-order valence-electron chi connectivity index (χ4n) is 1.90. The lowest BCUT2D eigenvalue weighted by molar-refractivity contribution is 0.625. The van der Waals surface area contributed by atoms with E-state index >= 15 is 0 Å². The van der Waals surface area contributed by atoms with Gasteiger partial charge in [0.15, 0.2) is 0 Å². The SMILES string of the molecule is NCCc1cc(F)ccc1-c1cccc(Cl)c1Cl. The smallest absolute Gasteiger partial charge is 0.123 e. The summed E-state index contributed by atoms with van der Waals surface area (Å²) in [6.07, 6.45) is 0.593. The highest BCUT2D eigenvalue weighted by Gasteiger charge is 2.11. The molecule has 94 valence electrons. The Bertz CT molecular complexity index is 570. The minimum absolute atomic E-state index is 0.277. The average Bonchev–Trinajstić information content (AvgIpc) is 2.34. The fourth-order valence-corrected chi connectivity index (χ4v) is 2.30. The van der Waals surface area contributed by atoms with Crippen molar-refractivity contribution in [3.63, 3.8) is 0 Å². The zero-order chi connectivity index (χ0) is 13.1. The summed E-state index contributed by atoms with van der Waals surface area (Å²) in [5, 5.41) is 0.959. The van der Waals surface area contributed by atoms with Crippen LogP contribution in [0, 0.1) is 5.82 Å². The Morgan fingerprint density at radius 3 is 2.56 bits per heavy atom. The number of hydrogen-bond acceptors (Lipinski definition) is 1. The minimum atomic E-state index is -0.277. The molecule has 0 aliphatic rings. The van der Waals surface area contributed by atoms with Crippen LogP contribution in [-0.2, 0) is 6.42 Å². The Hall–Kier alpha value is -1.09. The second-order valence-electron chi connectivity index (χ2n) is 3.94. The quantitative estimate of drug-likeness (QED) is 0.893. The molecule has 0 spiro atoms. The molecule has 2 aromatic rings. The summed E-state index contributed by atoms with van der Waals surface area (Å²) >= 11 is 12.2. The van der Waals surface area contributed by atoms with Crippen LogP contribution >= 0.6 is 23.2 Å². The third-order valence-corrected chi connectivity index (χ3v) is 3.54. The topological polar surface area (TPSA) is 26.0 Å². The van der Waals surface area contributed by atoms with Crippen molar-refractivity contribution in [1.29, 1.82) is 0 Å². The van der Waals surface area contributed by atoms with Gasteiger partial charge < -0.3 is 5.73 Å². The van der Waals surface area contributed by atoms with Gasteiger partial charge in [0.25, 0.3) is 0 Å². The van der Waals surface area contributed by atoms with Crippen molar-refractivity contribution in [2.45, 2.75) is 6.42 Å². The van der Waals surface area contributed by atoms with Gasteiger partial charge in [0.1, 0.15) is 5.82 Å². The molecule has 0 amide bonds. The number of benzene rings is 2. The van der Waals surface area contributed by atoms with Crippen molar-refractivity contribution in [2.75, 3.05) is 6.54 Å². The third-order valence-electron chi connectivity index (χ3n) is 2.72. The summed E-state index contributed by atoms with van der Waals surface area (Å²) in [5.74, 6) is -0.277. The van der Waals surface area contributed by atoms with E-state index in [-0.39, 0.29) is 5.82 Å². The van der Waals surface area contributed by atoms with Crippen LogP contribution in [0.4, 0.5) is 4.39 Å².